The van der Waals surface area contributed by atoms with Gasteiger partial charge in [-0.3, -0.25) is 9.36 Å². The predicted molar refractivity (Wildman–Crippen MR) is 85.4 cm³/mol. The Balaban J connectivity index is 1.87. The maximum Gasteiger partial charge on any atom is 0.0628 e. The van der Waals surface area contributed by atoms with Crippen LogP contribution in [0.15, 0.2) is 12.4 Å². The van der Waals surface area contributed by atoms with E-state index in [1.165, 1.54) is 16.8 Å². The molecule has 5 nitrogen and oxygen atoms in total. The Hall–Kier alpha value is -1.62. The van der Waals surface area contributed by atoms with E-state index in [-0.39, 0.29) is 0 Å². The van der Waals surface area contributed by atoms with Gasteiger partial charge in [-0.1, -0.05) is 0 Å². The summed E-state index contributed by atoms with van der Waals surface area (Å²) in [5.74, 6) is 0. The number of rotatable bonds is 7. The fourth-order valence-electron chi connectivity index (χ4n) is 2.87. The molecule has 2 heterocycles. The molecule has 1 atom stereocenters. The molecular formula is C16H27N5. The van der Waals surface area contributed by atoms with Crippen LogP contribution >= 0.6 is 0 Å². The monoisotopic (exact) mass is 289 g/mol. The van der Waals surface area contributed by atoms with Gasteiger partial charge in [-0.25, -0.2) is 0 Å². The quantitative estimate of drug-likeness (QED) is 0.847. The van der Waals surface area contributed by atoms with Gasteiger partial charge in [-0.2, -0.15) is 10.2 Å². The summed E-state index contributed by atoms with van der Waals surface area (Å²) >= 11 is 0. The maximum absolute atomic E-state index is 4.50. The van der Waals surface area contributed by atoms with Crippen molar-refractivity contribution in [3.05, 3.63) is 34.9 Å². The van der Waals surface area contributed by atoms with Gasteiger partial charge in [0.25, 0.3) is 0 Å². The van der Waals surface area contributed by atoms with Gasteiger partial charge in [0.05, 0.1) is 11.9 Å². The lowest BCUT2D eigenvalue weighted by Crippen LogP contribution is -2.26. The van der Waals surface area contributed by atoms with Crippen LogP contribution in [0.4, 0.5) is 0 Å². The molecule has 1 unspecified atom stereocenters. The molecule has 0 aliphatic carbocycles. The van der Waals surface area contributed by atoms with Gasteiger partial charge in [-0.05, 0) is 57.7 Å². The van der Waals surface area contributed by atoms with Crippen molar-refractivity contribution in [2.24, 2.45) is 14.1 Å². The Labute approximate surface area is 127 Å². The minimum Gasteiger partial charge on any atom is -0.317 e. The smallest absolute Gasteiger partial charge is 0.0628 e. The Morgan fingerprint density at radius 2 is 1.90 bits per heavy atom. The summed E-state index contributed by atoms with van der Waals surface area (Å²) in [5.41, 5.74) is 5.16. The van der Waals surface area contributed by atoms with Crippen LogP contribution in [0.2, 0.25) is 0 Å². The molecule has 0 aliphatic rings. The van der Waals surface area contributed by atoms with E-state index in [9.17, 15) is 0 Å². The molecule has 0 saturated carbocycles. The maximum atomic E-state index is 4.50. The molecule has 21 heavy (non-hydrogen) atoms. The lowest BCUT2D eigenvalue weighted by molar-refractivity contribution is 0.488. The molecular weight excluding hydrogens is 262 g/mol. The normalized spacial score (nSPS) is 12.8. The number of hydrogen-bond acceptors (Lipinski definition) is 3. The Kier molecular flexibility index (Phi) is 5.17. The zero-order valence-electron chi connectivity index (χ0n) is 13.8. The molecule has 0 bridgehead atoms. The van der Waals surface area contributed by atoms with Gasteiger partial charge >= 0.3 is 0 Å². The predicted octanol–water partition coefficient (Wildman–Crippen LogP) is 1.92. The van der Waals surface area contributed by atoms with Gasteiger partial charge in [0.15, 0.2) is 0 Å². The molecule has 1 N–H and O–H groups in total. The zero-order valence-corrected chi connectivity index (χ0v) is 13.8. The van der Waals surface area contributed by atoms with Gasteiger partial charge in [0.1, 0.15) is 0 Å². The van der Waals surface area contributed by atoms with Gasteiger partial charge in [-0.15, -0.1) is 0 Å². The van der Waals surface area contributed by atoms with E-state index in [2.05, 4.69) is 42.6 Å². The van der Waals surface area contributed by atoms with E-state index in [4.69, 9.17) is 0 Å². The van der Waals surface area contributed by atoms with Crippen LogP contribution in [0.1, 0.15) is 35.4 Å². The molecule has 0 amide bonds. The minimum absolute atomic E-state index is 0.532. The number of nitrogens with one attached hydrogen (secondary N) is 1. The standard InChI is InChI=1S/C16H27N5/c1-12-16(13(2)21(5)19-12)9-8-15(17-3)7-6-14-10-18-20(4)11-14/h10-11,15,17H,6-9H2,1-5H3. The van der Waals surface area contributed by atoms with E-state index < -0.39 is 0 Å². The molecule has 5 heteroatoms. The second kappa shape index (κ2) is 6.89. The van der Waals surface area contributed by atoms with Crippen LogP contribution in [0.25, 0.3) is 0 Å². The van der Waals surface area contributed by atoms with E-state index >= 15 is 0 Å². The van der Waals surface area contributed by atoms with Crippen molar-refractivity contribution in [1.29, 1.82) is 0 Å². The molecule has 0 spiro atoms. The SMILES string of the molecule is CNC(CCc1cnn(C)c1)CCc1c(C)nn(C)c1C. The summed E-state index contributed by atoms with van der Waals surface area (Å²) in [5, 5.41) is 12.2. The summed E-state index contributed by atoms with van der Waals surface area (Å²) in [4.78, 5) is 0. The zero-order chi connectivity index (χ0) is 15.4. The average molecular weight is 289 g/mol. The largest absolute Gasteiger partial charge is 0.317 e. The highest BCUT2D eigenvalue weighted by molar-refractivity contribution is 5.24. The van der Waals surface area contributed by atoms with Crippen molar-refractivity contribution in [2.75, 3.05) is 7.05 Å². The Morgan fingerprint density at radius 1 is 1.19 bits per heavy atom. The molecule has 0 radical (unpaired) electrons. The summed E-state index contributed by atoms with van der Waals surface area (Å²) in [6.45, 7) is 4.26. The van der Waals surface area contributed by atoms with E-state index in [0.717, 1.165) is 31.4 Å². The van der Waals surface area contributed by atoms with Crippen molar-refractivity contribution in [1.82, 2.24) is 24.9 Å². The van der Waals surface area contributed by atoms with Crippen molar-refractivity contribution < 1.29 is 0 Å². The molecule has 0 saturated heterocycles. The first-order valence-corrected chi connectivity index (χ1v) is 7.65. The second-order valence-electron chi connectivity index (χ2n) is 5.86. The van der Waals surface area contributed by atoms with Crippen LogP contribution < -0.4 is 5.32 Å². The van der Waals surface area contributed by atoms with Gasteiger partial charge in [0.2, 0.25) is 0 Å². The molecule has 0 aromatic carbocycles. The average Bonchev–Trinajstić information content (AvgIpc) is 2.96. The van der Waals surface area contributed by atoms with Gasteiger partial charge < -0.3 is 5.32 Å². The van der Waals surface area contributed by atoms with Crippen molar-refractivity contribution in [3.8, 4) is 0 Å². The van der Waals surface area contributed by atoms with E-state index in [1.54, 1.807) is 0 Å². The Bertz CT molecular complexity index is 582. The molecule has 0 aliphatic heterocycles. The van der Waals surface area contributed by atoms with E-state index in [0.29, 0.717) is 6.04 Å². The minimum atomic E-state index is 0.532. The number of aromatic nitrogens is 4. The Morgan fingerprint density at radius 3 is 2.43 bits per heavy atom. The van der Waals surface area contributed by atoms with Crippen LogP contribution in [0.3, 0.4) is 0 Å². The van der Waals surface area contributed by atoms with Crippen molar-refractivity contribution in [2.45, 2.75) is 45.6 Å². The molecule has 0 fully saturated rings. The number of hydrogen-bond donors (Lipinski definition) is 1. The summed E-state index contributed by atoms with van der Waals surface area (Å²) < 4.78 is 3.85. The highest BCUT2D eigenvalue weighted by Crippen LogP contribution is 2.16. The highest BCUT2D eigenvalue weighted by atomic mass is 15.3. The molecule has 2 rings (SSSR count). The molecule has 116 valence electrons. The fraction of sp³-hybridized carbons (Fsp3) is 0.625. The van der Waals surface area contributed by atoms with Crippen LogP contribution in [0, 0.1) is 13.8 Å². The first kappa shape index (κ1) is 15.8. The third-order valence-corrected chi connectivity index (χ3v) is 4.35. The van der Waals surface area contributed by atoms with Crippen molar-refractivity contribution >= 4 is 0 Å². The van der Waals surface area contributed by atoms with E-state index in [1.807, 2.05) is 29.7 Å². The third-order valence-electron chi connectivity index (χ3n) is 4.35. The summed E-state index contributed by atoms with van der Waals surface area (Å²) in [7, 11) is 6.04. The summed E-state index contributed by atoms with van der Waals surface area (Å²) in [6, 6.07) is 0.532. The first-order valence-electron chi connectivity index (χ1n) is 7.65. The third kappa shape index (κ3) is 3.94. The lowest BCUT2D eigenvalue weighted by atomic mass is 9.99. The number of nitrogens with zero attached hydrogens (tertiary/aromatic N) is 4. The topological polar surface area (TPSA) is 47.7 Å². The van der Waals surface area contributed by atoms with Crippen molar-refractivity contribution in [3.63, 3.8) is 0 Å². The first-order chi connectivity index (χ1) is 10.0. The van der Waals surface area contributed by atoms with Crippen LogP contribution in [-0.4, -0.2) is 32.7 Å². The lowest BCUT2D eigenvalue weighted by Gasteiger charge is -2.15. The second-order valence-corrected chi connectivity index (χ2v) is 5.86. The summed E-state index contributed by atoms with van der Waals surface area (Å²) in [6.07, 6.45) is 8.50. The molecule has 2 aromatic rings. The number of aryl methyl sites for hydroxylation is 4. The van der Waals surface area contributed by atoms with Crippen LogP contribution in [-0.2, 0) is 26.9 Å². The fourth-order valence-corrected chi connectivity index (χ4v) is 2.87. The molecule has 2 aromatic heterocycles. The van der Waals surface area contributed by atoms with Crippen LogP contribution in [0.5, 0.6) is 0 Å². The van der Waals surface area contributed by atoms with Gasteiger partial charge in [0, 0.05) is 32.0 Å². The highest BCUT2D eigenvalue weighted by Gasteiger charge is 2.13.